The maximum absolute atomic E-state index is 10.9. The van der Waals surface area contributed by atoms with Crippen molar-refractivity contribution in [3.63, 3.8) is 0 Å². The first-order valence-electron chi connectivity index (χ1n) is 6.28. The lowest BCUT2D eigenvalue weighted by Crippen LogP contribution is -2.28. The predicted molar refractivity (Wildman–Crippen MR) is 71.3 cm³/mol. The summed E-state index contributed by atoms with van der Waals surface area (Å²) in [5.41, 5.74) is 1.09. The number of aromatic carboxylic acids is 1. The molecule has 0 aliphatic carbocycles. The molecular formula is C13H19NO3S. The Labute approximate surface area is 111 Å². The molecule has 1 aliphatic rings. The van der Waals surface area contributed by atoms with E-state index in [0.29, 0.717) is 10.8 Å². The third kappa shape index (κ3) is 3.54. The average Bonchev–Trinajstić information content (AvgIpc) is 2.73. The standard InChI is InChI=1S/C13H19NO3S/c1-9-11(5-12(18-9)13(15)16)7-14-6-10-3-2-4-17-8-10/h5,10,14H,2-4,6-8H2,1H3,(H,15,16). The lowest BCUT2D eigenvalue weighted by Gasteiger charge is -2.22. The molecule has 0 saturated carbocycles. The Morgan fingerprint density at radius 3 is 3.11 bits per heavy atom. The molecule has 1 atom stereocenters. The van der Waals surface area contributed by atoms with Gasteiger partial charge < -0.3 is 15.2 Å². The highest BCUT2D eigenvalue weighted by Gasteiger charge is 2.14. The van der Waals surface area contributed by atoms with Crippen LogP contribution in [0.15, 0.2) is 6.07 Å². The van der Waals surface area contributed by atoms with E-state index in [2.05, 4.69) is 5.32 Å². The zero-order valence-corrected chi connectivity index (χ0v) is 11.4. The third-order valence-electron chi connectivity index (χ3n) is 3.23. The fourth-order valence-electron chi connectivity index (χ4n) is 2.18. The number of hydrogen-bond donors (Lipinski definition) is 2. The minimum Gasteiger partial charge on any atom is -0.477 e. The van der Waals surface area contributed by atoms with Crippen LogP contribution in [-0.4, -0.2) is 30.8 Å². The van der Waals surface area contributed by atoms with Gasteiger partial charge in [0.1, 0.15) is 4.88 Å². The van der Waals surface area contributed by atoms with Crippen LogP contribution in [0.3, 0.4) is 0 Å². The largest absolute Gasteiger partial charge is 0.477 e. The fraction of sp³-hybridized carbons (Fsp3) is 0.615. The lowest BCUT2D eigenvalue weighted by molar-refractivity contribution is 0.0547. The molecule has 1 unspecified atom stereocenters. The second kappa shape index (κ2) is 6.31. The topological polar surface area (TPSA) is 58.6 Å². The highest BCUT2D eigenvalue weighted by atomic mass is 32.1. The number of carboxylic acid groups (broad SMARTS) is 1. The van der Waals surface area contributed by atoms with Gasteiger partial charge in [0, 0.05) is 24.6 Å². The quantitative estimate of drug-likeness (QED) is 0.861. The van der Waals surface area contributed by atoms with Crippen LogP contribution in [0.5, 0.6) is 0 Å². The second-order valence-electron chi connectivity index (χ2n) is 4.71. The Balaban J connectivity index is 1.80. The van der Waals surface area contributed by atoms with Gasteiger partial charge >= 0.3 is 5.97 Å². The molecule has 4 nitrogen and oxygen atoms in total. The molecule has 1 fully saturated rings. The van der Waals surface area contributed by atoms with Crippen LogP contribution in [0.1, 0.15) is 33.0 Å². The molecule has 2 N–H and O–H groups in total. The van der Waals surface area contributed by atoms with Crippen molar-refractivity contribution in [2.45, 2.75) is 26.3 Å². The smallest absolute Gasteiger partial charge is 0.345 e. The van der Waals surface area contributed by atoms with Gasteiger partial charge in [0.05, 0.1) is 6.61 Å². The molecule has 1 aliphatic heterocycles. The molecule has 18 heavy (non-hydrogen) atoms. The van der Waals surface area contributed by atoms with E-state index in [1.807, 2.05) is 6.92 Å². The summed E-state index contributed by atoms with van der Waals surface area (Å²) in [4.78, 5) is 12.4. The van der Waals surface area contributed by atoms with Gasteiger partial charge in [-0.3, -0.25) is 0 Å². The fourth-order valence-corrected chi connectivity index (χ4v) is 3.06. The van der Waals surface area contributed by atoms with E-state index in [1.165, 1.54) is 17.8 Å². The van der Waals surface area contributed by atoms with Crippen LogP contribution in [0.2, 0.25) is 0 Å². The van der Waals surface area contributed by atoms with E-state index in [1.54, 1.807) is 6.07 Å². The second-order valence-corrected chi connectivity index (χ2v) is 5.97. The maximum Gasteiger partial charge on any atom is 0.345 e. The zero-order valence-electron chi connectivity index (χ0n) is 10.6. The number of ether oxygens (including phenoxy) is 1. The Morgan fingerprint density at radius 2 is 2.50 bits per heavy atom. The number of carbonyl (C=O) groups is 1. The third-order valence-corrected chi connectivity index (χ3v) is 4.32. The van der Waals surface area contributed by atoms with Crippen molar-refractivity contribution < 1.29 is 14.6 Å². The first kappa shape index (κ1) is 13.5. The summed E-state index contributed by atoms with van der Waals surface area (Å²) in [5, 5.41) is 12.3. The molecule has 1 aromatic heterocycles. The Hall–Kier alpha value is -0.910. The van der Waals surface area contributed by atoms with Crippen molar-refractivity contribution in [2.24, 2.45) is 5.92 Å². The zero-order chi connectivity index (χ0) is 13.0. The molecule has 0 amide bonds. The number of hydrogen-bond acceptors (Lipinski definition) is 4. The average molecular weight is 269 g/mol. The van der Waals surface area contributed by atoms with Crippen LogP contribution in [0.25, 0.3) is 0 Å². The molecule has 1 saturated heterocycles. The SMILES string of the molecule is Cc1sc(C(=O)O)cc1CNCC1CCCOC1. The van der Waals surface area contributed by atoms with Crippen LogP contribution in [0.4, 0.5) is 0 Å². The number of rotatable bonds is 5. The molecule has 0 aromatic carbocycles. The van der Waals surface area contributed by atoms with Gasteiger partial charge in [-0.15, -0.1) is 11.3 Å². The minimum atomic E-state index is -0.838. The van der Waals surface area contributed by atoms with Gasteiger partial charge in [-0.25, -0.2) is 4.79 Å². The summed E-state index contributed by atoms with van der Waals surface area (Å²) >= 11 is 1.34. The molecular weight excluding hydrogens is 250 g/mol. The molecule has 0 spiro atoms. The van der Waals surface area contributed by atoms with Crippen molar-refractivity contribution in [1.29, 1.82) is 0 Å². The van der Waals surface area contributed by atoms with E-state index < -0.39 is 5.97 Å². The predicted octanol–water partition coefficient (Wildman–Crippen LogP) is 2.27. The van der Waals surface area contributed by atoms with E-state index in [4.69, 9.17) is 9.84 Å². The molecule has 5 heteroatoms. The van der Waals surface area contributed by atoms with Gasteiger partial charge in [0.2, 0.25) is 0 Å². The summed E-state index contributed by atoms with van der Waals surface area (Å²) in [5.74, 6) is -0.244. The van der Waals surface area contributed by atoms with Crippen molar-refractivity contribution in [3.05, 3.63) is 21.4 Å². The highest BCUT2D eigenvalue weighted by molar-refractivity contribution is 7.14. The number of nitrogens with one attached hydrogen (secondary N) is 1. The molecule has 0 bridgehead atoms. The summed E-state index contributed by atoms with van der Waals surface area (Å²) in [7, 11) is 0. The van der Waals surface area contributed by atoms with E-state index >= 15 is 0 Å². The molecule has 100 valence electrons. The highest BCUT2D eigenvalue weighted by Crippen LogP contribution is 2.21. The summed E-state index contributed by atoms with van der Waals surface area (Å²) in [6.07, 6.45) is 2.36. The molecule has 1 aromatic rings. The minimum absolute atomic E-state index is 0.422. The van der Waals surface area contributed by atoms with Gasteiger partial charge in [0.15, 0.2) is 0 Å². The Bertz CT molecular complexity index is 410. The van der Waals surface area contributed by atoms with Gasteiger partial charge in [0.25, 0.3) is 0 Å². The first-order valence-corrected chi connectivity index (χ1v) is 7.09. The monoisotopic (exact) mass is 269 g/mol. The lowest BCUT2D eigenvalue weighted by atomic mass is 10.0. The van der Waals surface area contributed by atoms with Crippen molar-refractivity contribution in [1.82, 2.24) is 5.32 Å². The van der Waals surface area contributed by atoms with Crippen molar-refractivity contribution in [3.8, 4) is 0 Å². The van der Waals surface area contributed by atoms with E-state index in [0.717, 1.165) is 43.2 Å². The first-order chi connectivity index (χ1) is 8.66. The Morgan fingerprint density at radius 1 is 1.67 bits per heavy atom. The summed E-state index contributed by atoms with van der Waals surface area (Å²) in [6.45, 7) is 5.39. The number of thiophene rings is 1. The molecule has 0 radical (unpaired) electrons. The molecule has 2 heterocycles. The van der Waals surface area contributed by atoms with Crippen LogP contribution < -0.4 is 5.32 Å². The van der Waals surface area contributed by atoms with Gasteiger partial charge in [-0.2, -0.15) is 0 Å². The van der Waals surface area contributed by atoms with Gasteiger partial charge in [-0.1, -0.05) is 0 Å². The van der Waals surface area contributed by atoms with Gasteiger partial charge in [-0.05, 0) is 37.3 Å². The van der Waals surface area contributed by atoms with Crippen LogP contribution in [-0.2, 0) is 11.3 Å². The normalized spacial score (nSPS) is 19.9. The number of carboxylic acids is 1. The maximum atomic E-state index is 10.9. The van der Waals surface area contributed by atoms with E-state index in [9.17, 15) is 4.79 Å². The van der Waals surface area contributed by atoms with Crippen molar-refractivity contribution in [2.75, 3.05) is 19.8 Å². The van der Waals surface area contributed by atoms with Crippen LogP contribution in [0, 0.1) is 12.8 Å². The summed E-state index contributed by atoms with van der Waals surface area (Å²) in [6, 6.07) is 1.77. The molecule has 2 rings (SSSR count). The van der Waals surface area contributed by atoms with E-state index in [-0.39, 0.29) is 0 Å². The summed E-state index contributed by atoms with van der Waals surface area (Å²) < 4.78 is 5.43. The van der Waals surface area contributed by atoms with Crippen molar-refractivity contribution >= 4 is 17.3 Å². The Kier molecular flexibility index (Phi) is 4.74. The van der Waals surface area contributed by atoms with Crippen LogP contribution >= 0.6 is 11.3 Å². The number of aryl methyl sites for hydroxylation is 1.